The summed E-state index contributed by atoms with van der Waals surface area (Å²) in [5.74, 6) is 0.735. The van der Waals surface area contributed by atoms with Gasteiger partial charge < -0.3 is 5.32 Å². The summed E-state index contributed by atoms with van der Waals surface area (Å²) in [5.41, 5.74) is 1.43. The third kappa shape index (κ3) is 2.73. The Morgan fingerprint density at radius 1 is 1.20 bits per heavy atom. The Morgan fingerprint density at radius 3 is 2.33 bits per heavy atom. The van der Waals surface area contributed by atoms with Crippen LogP contribution in [0.5, 0.6) is 0 Å². The number of hydrogen-bond donors (Lipinski definition) is 1. The minimum Gasteiger partial charge on any atom is -0.312 e. The van der Waals surface area contributed by atoms with Crippen LogP contribution in [0, 0.1) is 0 Å². The largest absolute Gasteiger partial charge is 0.312 e. The first kappa shape index (κ1) is 11.0. The third-order valence-corrected chi connectivity index (χ3v) is 3.30. The fourth-order valence-corrected chi connectivity index (χ4v) is 2.36. The van der Waals surface area contributed by atoms with Crippen molar-refractivity contribution in [3.8, 4) is 0 Å². The molecule has 1 saturated carbocycles. The molecule has 0 bridgehead atoms. The van der Waals surface area contributed by atoms with Gasteiger partial charge in [-0.2, -0.15) is 0 Å². The van der Waals surface area contributed by atoms with Gasteiger partial charge in [-0.25, -0.2) is 0 Å². The fraction of sp³-hybridized carbons (Fsp3) is 0.538. The SMILES string of the molecule is CC(C)NC1CC(c2ccc(Cl)cc2)C1. The second-order valence-corrected chi connectivity index (χ2v) is 5.17. The summed E-state index contributed by atoms with van der Waals surface area (Å²) in [5, 5.41) is 4.39. The average Bonchev–Trinajstić information content (AvgIpc) is 2.12. The Hall–Kier alpha value is -0.530. The zero-order valence-electron chi connectivity index (χ0n) is 9.33. The summed E-state index contributed by atoms with van der Waals surface area (Å²) in [6.07, 6.45) is 2.53. The van der Waals surface area contributed by atoms with E-state index < -0.39 is 0 Å². The van der Waals surface area contributed by atoms with Crippen molar-refractivity contribution in [1.29, 1.82) is 0 Å². The lowest BCUT2D eigenvalue weighted by Crippen LogP contribution is -2.43. The van der Waals surface area contributed by atoms with E-state index >= 15 is 0 Å². The van der Waals surface area contributed by atoms with Crippen molar-refractivity contribution in [1.82, 2.24) is 5.32 Å². The molecule has 82 valence electrons. The highest BCUT2D eigenvalue weighted by Crippen LogP contribution is 2.37. The van der Waals surface area contributed by atoms with Crippen LogP contribution < -0.4 is 5.32 Å². The first-order chi connectivity index (χ1) is 7.15. The van der Waals surface area contributed by atoms with E-state index in [1.807, 2.05) is 12.1 Å². The molecule has 1 aromatic rings. The summed E-state index contributed by atoms with van der Waals surface area (Å²) >= 11 is 5.86. The van der Waals surface area contributed by atoms with E-state index in [1.54, 1.807) is 0 Å². The Balaban J connectivity index is 1.86. The molecular formula is C13H18ClN. The second kappa shape index (κ2) is 4.54. The molecule has 1 N–H and O–H groups in total. The van der Waals surface area contributed by atoms with Gasteiger partial charge in [0.2, 0.25) is 0 Å². The summed E-state index contributed by atoms with van der Waals surface area (Å²) in [4.78, 5) is 0. The molecule has 1 aromatic carbocycles. The molecule has 1 nitrogen and oxygen atoms in total. The van der Waals surface area contributed by atoms with E-state index in [4.69, 9.17) is 11.6 Å². The van der Waals surface area contributed by atoms with E-state index in [-0.39, 0.29) is 0 Å². The smallest absolute Gasteiger partial charge is 0.0406 e. The standard InChI is InChI=1S/C13H18ClN/c1-9(2)15-13-7-11(8-13)10-3-5-12(14)6-4-10/h3-6,9,11,13,15H,7-8H2,1-2H3. The molecule has 15 heavy (non-hydrogen) atoms. The molecule has 0 saturated heterocycles. The molecule has 0 unspecified atom stereocenters. The molecule has 0 heterocycles. The predicted octanol–water partition coefficient (Wildman–Crippen LogP) is 3.58. The van der Waals surface area contributed by atoms with Crippen LogP contribution in [0.2, 0.25) is 5.02 Å². The predicted molar refractivity (Wildman–Crippen MR) is 65.5 cm³/mol. The molecule has 0 spiro atoms. The molecule has 1 aliphatic carbocycles. The van der Waals surface area contributed by atoms with Gasteiger partial charge in [-0.05, 0) is 36.5 Å². The molecule has 2 rings (SSSR count). The second-order valence-electron chi connectivity index (χ2n) is 4.74. The van der Waals surface area contributed by atoms with Crippen LogP contribution in [0.25, 0.3) is 0 Å². The van der Waals surface area contributed by atoms with E-state index in [2.05, 4.69) is 31.3 Å². The lowest BCUT2D eigenvalue weighted by molar-refractivity contribution is 0.275. The highest BCUT2D eigenvalue weighted by molar-refractivity contribution is 6.30. The van der Waals surface area contributed by atoms with E-state index in [0.717, 1.165) is 10.9 Å². The summed E-state index contributed by atoms with van der Waals surface area (Å²) in [6, 6.07) is 9.59. The minimum atomic E-state index is 0.598. The van der Waals surface area contributed by atoms with Crippen molar-refractivity contribution in [2.45, 2.75) is 44.7 Å². The van der Waals surface area contributed by atoms with Crippen molar-refractivity contribution < 1.29 is 0 Å². The van der Waals surface area contributed by atoms with Gasteiger partial charge in [-0.1, -0.05) is 37.6 Å². The van der Waals surface area contributed by atoms with Crippen molar-refractivity contribution in [3.63, 3.8) is 0 Å². The average molecular weight is 224 g/mol. The number of nitrogens with one attached hydrogen (secondary N) is 1. The van der Waals surface area contributed by atoms with Gasteiger partial charge in [0.25, 0.3) is 0 Å². The van der Waals surface area contributed by atoms with Crippen LogP contribution in [-0.4, -0.2) is 12.1 Å². The van der Waals surface area contributed by atoms with Crippen molar-refractivity contribution in [2.24, 2.45) is 0 Å². The number of halogens is 1. The van der Waals surface area contributed by atoms with E-state index in [1.165, 1.54) is 18.4 Å². The molecule has 1 aliphatic rings. The lowest BCUT2D eigenvalue weighted by Gasteiger charge is -2.37. The Bertz CT molecular complexity index is 312. The topological polar surface area (TPSA) is 12.0 Å². The summed E-state index contributed by atoms with van der Waals surface area (Å²) < 4.78 is 0. The molecule has 0 aliphatic heterocycles. The maximum Gasteiger partial charge on any atom is 0.0406 e. The van der Waals surface area contributed by atoms with Crippen LogP contribution in [0.4, 0.5) is 0 Å². The van der Waals surface area contributed by atoms with Crippen LogP contribution in [-0.2, 0) is 0 Å². The summed E-state index contributed by atoms with van der Waals surface area (Å²) in [6.45, 7) is 4.41. The zero-order chi connectivity index (χ0) is 10.8. The number of benzene rings is 1. The molecule has 0 amide bonds. The fourth-order valence-electron chi connectivity index (χ4n) is 2.23. The lowest BCUT2D eigenvalue weighted by atomic mass is 9.75. The van der Waals surface area contributed by atoms with Gasteiger partial charge in [0, 0.05) is 17.1 Å². The summed E-state index contributed by atoms with van der Waals surface area (Å²) in [7, 11) is 0. The Labute approximate surface area is 96.8 Å². The van der Waals surface area contributed by atoms with Gasteiger partial charge in [0.05, 0.1) is 0 Å². The van der Waals surface area contributed by atoms with Crippen molar-refractivity contribution in [3.05, 3.63) is 34.9 Å². The van der Waals surface area contributed by atoms with Crippen LogP contribution in [0.3, 0.4) is 0 Å². The molecule has 0 radical (unpaired) electrons. The third-order valence-electron chi connectivity index (χ3n) is 3.05. The normalized spacial score (nSPS) is 25.3. The van der Waals surface area contributed by atoms with Gasteiger partial charge in [-0.3, -0.25) is 0 Å². The monoisotopic (exact) mass is 223 g/mol. The Kier molecular flexibility index (Phi) is 3.32. The van der Waals surface area contributed by atoms with Crippen molar-refractivity contribution in [2.75, 3.05) is 0 Å². The van der Waals surface area contributed by atoms with Crippen LogP contribution in [0.1, 0.15) is 38.2 Å². The van der Waals surface area contributed by atoms with Crippen molar-refractivity contribution >= 4 is 11.6 Å². The maximum atomic E-state index is 5.86. The van der Waals surface area contributed by atoms with Gasteiger partial charge >= 0.3 is 0 Å². The molecule has 2 heteroatoms. The molecule has 0 atom stereocenters. The first-order valence-electron chi connectivity index (χ1n) is 5.66. The number of hydrogen-bond acceptors (Lipinski definition) is 1. The first-order valence-corrected chi connectivity index (χ1v) is 6.04. The minimum absolute atomic E-state index is 0.598. The quantitative estimate of drug-likeness (QED) is 0.826. The molecule has 0 aromatic heterocycles. The van der Waals surface area contributed by atoms with Gasteiger partial charge in [0.1, 0.15) is 0 Å². The molecular weight excluding hydrogens is 206 g/mol. The van der Waals surface area contributed by atoms with E-state index in [0.29, 0.717) is 12.1 Å². The zero-order valence-corrected chi connectivity index (χ0v) is 10.1. The number of rotatable bonds is 3. The molecule has 1 fully saturated rings. The van der Waals surface area contributed by atoms with E-state index in [9.17, 15) is 0 Å². The highest BCUT2D eigenvalue weighted by Gasteiger charge is 2.30. The van der Waals surface area contributed by atoms with Crippen LogP contribution in [0.15, 0.2) is 24.3 Å². The maximum absolute atomic E-state index is 5.86. The Morgan fingerprint density at radius 2 is 1.80 bits per heavy atom. The van der Waals surface area contributed by atoms with Crippen LogP contribution >= 0.6 is 11.6 Å². The highest BCUT2D eigenvalue weighted by atomic mass is 35.5. The van der Waals surface area contributed by atoms with Gasteiger partial charge in [-0.15, -0.1) is 0 Å². The van der Waals surface area contributed by atoms with Gasteiger partial charge in [0.15, 0.2) is 0 Å².